The van der Waals surface area contributed by atoms with Gasteiger partial charge in [0.15, 0.2) is 0 Å². The van der Waals surface area contributed by atoms with Crippen LogP contribution in [0.3, 0.4) is 0 Å². The third kappa shape index (κ3) is 3.93. The molecule has 2 N–H and O–H groups in total. The highest BCUT2D eigenvalue weighted by Crippen LogP contribution is 2.34. The summed E-state index contributed by atoms with van der Waals surface area (Å²) in [4.78, 5) is 38.4. The molecule has 6 nitrogen and oxygen atoms in total. The summed E-state index contributed by atoms with van der Waals surface area (Å²) >= 11 is 6.06. The van der Waals surface area contributed by atoms with Gasteiger partial charge in [-0.15, -0.1) is 0 Å². The monoisotopic (exact) mass is 395 g/mol. The molecule has 1 aliphatic carbocycles. The van der Waals surface area contributed by atoms with Crippen molar-refractivity contribution < 1.29 is 18.8 Å². The van der Waals surface area contributed by atoms with Gasteiger partial charge in [-0.05, 0) is 50.7 Å². The number of imide groups is 1. The normalized spacial score (nSPS) is 28.2. The summed E-state index contributed by atoms with van der Waals surface area (Å²) in [5.41, 5.74) is -1.16. The average Bonchev–Trinajstić information content (AvgIpc) is 2.81. The highest BCUT2D eigenvalue weighted by atomic mass is 35.5. The van der Waals surface area contributed by atoms with E-state index in [1.165, 1.54) is 19.1 Å². The van der Waals surface area contributed by atoms with Crippen LogP contribution in [0, 0.1) is 11.7 Å². The van der Waals surface area contributed by atoms with Crippen molar-refractivity contribution in [2.75, 3.05) is 6.54 Å². The topological polar surface area (TPSA) is 78.5 Å². The van der Waals surface area contributed by atoms with Crippen LogP contribution in [0.15, 0.2) is 18.2 Å². The fourth-order valence-electron chi connectivity index (χ4n) is 3.74. The zero-order chi connectivity index (χ0) is 19.8. The number of rotatable bonds is 4. The molecule has 0 bridgehead atoms. The van der Waals surface area contributed by atoms with Gasteiger partial charge in [-0.25, -0.2) is 9.18 Å². The van der Waals surface area contributed by atoms with Gasteiger partial charge < -0.3 is 10.6 Å². The molecule has 1 aromatic rings. The largest absolute Gasteiger partial charge is 0.352 e. The van der Waals surface area contributed by atoms with Gasteiger partial charge in [0.25, 0.3) is 5.91 Å². The van der Waals surface area contributed by atoms with Crippen LogP contribution < -0.4 is 10.6 Å². The van der Waals surface area contributed by atoms with Crippen molar-refractivity contribution in [3.05, 3.63) is 34.6 Å². The van der Waals surface area contributed by atoms with Crippen LogP contribution in [0.2, 0.25) is 5.02 Å². The molecule has 1 saturated carbocycles. The number of nitrogens with zero attached hydrogens (tertiary/aromatic N) is 1. The minimum absolute atomic E-state index is 0.0359. The minimum Gasteiger partial charge on any atom is -0.352 e. The maximum atomic E-state index is 13.3. The Morgan fingerprint density at radius 3 is 2.63 bits per heavy atom. The molecule has 146 valence electrons. The van der Waals surface area contributed by atoms with Crippen LogP contribution in [0.1, 0.15) is 45.1 Å². The van der Waals surface area contributed by atoms with Crippen molar-refractivity contribution in [1.29, 1.82) is 0 Å². The zero-order valence-corrected chi connectivity index (χ0v) is 16.1. The first kappa shape index (κ1) is 19.6. The van der Waals surface area contributed by atoms with Crippen molar-refractivity contribution in [3.63, 3.8) is 0 Å². The number of benzene rings is 1. The molecule has 1 heterocycles. The molecule has 1 saturated heterocycles. The summed E-state index contributed by atoms with van der Waals surface area (Å²) in [6.07, 6.45) is 3.90. The van der Waals surface area contributed by atoms with E-state index in [4.69, 9.17) is 11.6 Å². The SMILES string of the molecule is CC1CCC(NC(=O)CN2C(=O)NC(C)(c3ccc(F)cc3Cl)C2=O)CC1. The molecular weight excluding hydrogens is 373 g/mol. The first-order valence-electron chi connectivity index (χ1n) is 9.09. The fraction of sp³-hybridized carbons (Fsp3) is 0.526. The molecule has 1 unspecified atom stereocenters. The Kier molecular flexibility index (Phi) is 5.42. The molecule has 1 atom stereocenters. The standard InChI is InChI=1S/C19H23ClFN3O3/c1-11-3-6-13(7-4-11)22-16(25)10-24-17(26)19(2,23-18(24)27)14-8-5-12(21)9-15(14)20/h5,8-9,11,13H,3-4,6-7,10H2,1-2H3,(H,22,25)(H,23,27). The van der Waals surface area contributed by atoms with Gasteiger partial charge in [0.2, 0.25) is 5.91 Å². The lowest BCUT2D eigenvalue weighted by molar-refractivity contribution is -0.135. The van der Waals surface area contributed by atoms with Gasteiger partial charge in [0, 0.05) is 16.6 Å². The number of urea groups is 1. The summed E-state index contributed by atoms with van der Waals surface area (Å²) in [6.45, 7) is 3.32. The van der Waals surface area contributed by atoms with Crippen LogP contribution in [0.25, 0.3) is 0 Å². The van der Waals surface area contributed by atoms with E-state index in [2.05, 4.69) is 17.6 Å². The maximum Gasteiger partial charge on any atom is 0.325 e. The number of nitrogens with one attached hydrogen (secondary N) is 2. The smallest absolute Gasteiger partial charge is 0.325 e. The summed E-state index contributed by atoms with van der Waals surface area (Å²) in [7, 11) is 0. The maximum absolute atomic E-state index is 13.3. The van der Waals surface area contributed by atoms with E-state index >= 15 is 0 Å². The van der Waals surface area contributed by atoms with Gasteiger partial charge >= 0.3 is 6.03 Å². The van der Waals surface area contributed by atoms with E-state index < -0.39 is 23.3 Å². The van der Waals surface area contributed by atoms with Gasteiger partial charge in [0.05, 0.1) is 0 Å². The molecular formula is C19H23ClFN3O3. The second kappa shape index (κ2) is 7.46. The number of amides is 4. The van der Waals surface area contributed by atoms with Crippen LogP contribution in [-0.4, -0.2) is 35.3 Å². The summed E-state index contributed by atoms with van der Waals surface area (Å²) in [6, 6.07) is 3.03. The highest BCUT2D eigenvalue weighted by molar-refractivity contribution is 6.32. The second-order valence-electron chi connectivity index (χ2n) is 7.59. The van der Waals surface area contributed by atoms with Gasteiger partial charge in [0.1, 0.15) is 17.9 Å². The fourth-order valence-corrected chi connectivity index (χ4v) is 4.10. The molecule has 0 radical (unpaired) electrons. The van der Waals surface area contributed by atoms with Crippen molar-refractivity contribution in [3.8, 4) is 0 Å². The second-order valence-corrected chi connectivity index (χ2v) is 8.00. The van der Waals surface area contributed by atoms with E-state index in [0.717, 1.165) is 36.6 Å². The summed E-state index contributed by atoms with van der Waals surface area (Å²) in [5, 5.41) is 5.51. The number of halogens is 2. The van der Waals surface area contributed by atoms with E-state index in [1.807, 2.05) is 0 Å². The van der Waals surface area contributed by atoms with Crippen LogP contribution in [-0.2, 0) is 15.1 Å². The lowest BCUT2D eigenvalue weighted by atomic mass is 9.87. The van der Waals surface area contributed by atoms with Gasteiger partial charge in [-0.2, -0.15) is 0 Å². The third-order valence-electron chi connectivity index (χ3n) is 5.43. The van der Waals surface area contributed by atoms with Crippen LogP contribution in [0.4, 0.5) is 9.18 Å². The Morgan fingerprint density at radius 2 is 2.00 bits per heavy atom. The molecule has 27 heavy (non-hydrogen) atoms. The highest BCUT2D eigenvalue weighted by Gasteiger charge is 2.50. The molecule has 2 fully saturated rings. The molecule has 1 aromatic carbocycles. The van der Waals surface area contributed by atoms with Crippen molar-refractivity contribution in [2.24, 2.45) is 5.92 Å². The van der Waals surface area contributed by atoms with Gasteiger partial charge in [-0.1, -0.05) is 24.6 Å². The predicted octanol–water partition coefficient (Wildman–Crippen LogP) is 2.94. The molecule has 2 aliphatic rings. The van der Waals surface area contributed by atoms with Gasteiger partial charge in [-0.3, -0.25) is 14.5 Å². The molecule has 8 heteroatoms. The lowest BCUT2D eigenvalue weighted by Gasteiger charge is -2.27. The Balaban J connectivity index is 1.69. The van der Waals surface area contributed by atoms with Crippen molar-refractivity contribution in [1.82, 2.24) is 15.5 Å². The van der Waals surface area contributed by atoms with E-state index in [0.29, 0.717) is 5.92 Å². The number of hydrogen-bond donors (Lipinski definition) is 2. The lowest BCUT2D eigenvalue weighted by Crippen LogP contribution is -2.46. The molecule has 1 aliphatic heterocycles. The Labute approximate surface area is 162 Å². The Bertz CT molecular complexity index is 779. The summed E-state index contributed by atoms with van der Waals surface area (Å²) in [5.74, 6) is -0.839. The van der Waals surface area contributed by atoms with Crippen molar-refractivity contribution in [2.45, 2.75) is 51.1 Å². The molecule has 0 spiro atoms. The Morgan fingerprint density at radius 1 is 1.33 bits per heavy atom. The molecule has 3 rings (SSSR count). The third-order valence-corrected chi connectivity index (χ3v) is 5.74. The molecule has 0 aromatic heterocycles. The zero-order valence-electron chi connectivity index (χ0n) is 15.4. The number of hydrogen-bond acceptors (Lipinski definition) is 3. The first-order chi connectivity index (χ1) is 12.7. The van der Waals surface area contributed by atoms with Crippen molar-refractivity contribution >= 4 is 29.4 Å². The molecule has 4 amide bonds. The van der Waals surface area contributed by atoms with Crippen LogP contribution in [0.5, 0.6) is 0 Å². The Hall–Kier alpha value is -2.15. The summed E-state index contributed by atoms with van der Waals surface area (Å²) < 4.78 is 13.3. The van der Waals surface area contributed by atoms with Crippen LogP contribution >= 0.6 is 11.6 Å². The van der Waals surface area contributed by atoms with E-state index in [-0.39, 0.29) is 29.1 Å². The predicted molar refractivity (Wildman–Crippen MR) is 98.6 cm³/mol. The quantitative estimate of drug-likeness (QED) is 0.769. The van der Waals surface area contributed by atoms with E-state index in [1.54, 1.807) is 0 Å². The first-order valence-corrected chi connectivity index (χ1v) is 9.47. The minimum atomic E-state index is -1.44. The average molecular weight is 396 g/mol. The van der Waals surface area contributed by atoms with E-state index in [9.17, 15) is 18.8 Å². The number of carbonyl (C=O) groups is 3. The number of carbonyl (C=O) groups excluding carboxylic acids is 3.